The first kappa shape index (κ1) is 17.4. The van der Waals surface area contributed by atoms with Gasteiger partial charge in [-0.2, -0.15) is 0 Å². The second kappa shape index (κ2) is 9.35. The SMILES string of the molecule is CCCCC1NC(CC)N(CCOCCC(C)C)C1=O. The van der Waals surface area contributed by atoms with Crippen LogP contribution in [0.15, 0.2) is 0 Å². The van der Waals surface area contributed by atoms with Gasteiger partial charge in [-0.25, -0.2) is 0 Å². The van der Waals surface area contributed by atoms with E-state index in [1.165, 1.54) is 0 Å². The number of carbonyl (C=O) groups excluding carboxylic acids is 1. The van der Waals surface area contributed by atoms with Crippen LogP contribution in [0.5, 0.6) is 0 Å². The van der Waals surface area contributed by atoms with Gasteiger partial charge < -0.3 is 9.64 Å². The largest absolute Gasteiger partial charge is 0.380 e. The highest BCUT2D eigenvalue weighted by molar-refractivity contribution is 5.84. The maximum absolute atomic E-state index is 12.4. The molecule has 1 rings (SSSR count). The molecule has 0 aromatic heterocycles. The minimum absolute atomic E-state index is 0.0237. The maximum Gasteiger partial charge on any atom is 0.241 e. The molecule has 0 spiro atoms. The van der Waals surface area contributed by atoms with E-state index in [-0.39, 0.29) is 18.1 Å². The lowest BCUT2D eigenvalue weighted by atomic mass is 10.1. The van der Waals surface area contributed by atoms with Crippen molar-refractivity contribution in [2.45, 2.75) is 72.0 Å². The van der Waals surface area contributed by atoms with E-state index < -0.39 is 0 Å². The molecular weight excluding hydrogens is 252 g/mol. The van der Waals surface area contributed by atoms with Crippen LogP contribution in [0, 0.1) is 5.92 Å². The number of unbranched alkanes of at least 4 members (excludes halogenated alkanes) is 1. The van der Waals surface area contributed by atoms with Crippen molar-refractivity contribution in [3.05, 3.63) is 0 Å². The van der Waals surface area contributed by atoms with E-state index in [2.05, 4.69) is 33.0 Å². The molecule has 1 amide bonds. The molecule has 1 N–H and O–H groups in total. The number of hydrogen-bond donors (Lipinski definition) is 1. The van der Waals surface area contributed by atoms with E-state index in [1.54, 1.807) is 0 Å². The number of hydrogen-bond acceptors (Lipinski definition) is 3. The van der Waals surface area contributed by atoms with Gasteiger partial charge in [0.05, 0.1) is 18.8 Å². The second-order valence-corrected chi connectivity index (χ2v) is 6.11. The predicted molar refractivity (Wildman–Crippen MR) is 82.5 cm³/mol. The normalized spacial score (nSPS) is 23.1. The highest BCUT2D eigenvalue weighted by Gasteiger charge is 2.36. The molecule has 0 aromatic carbocycles. The number of nitrogens with zero attached hydrogens (tertiary/aromatic N) is 1. The lowest BCUT2D eigenvalue weighted by Gasteiger charge is -2.23. The molecule has 0 bridgehead atoms. The quantitative estimate of drug-likeness (QED) is 0.627. The summed E-state index contributed by atoms with van der Waals surface area (Å²) in [5.74, 6) is 0.935. The summed E-state index contributed by atoms with van der Waals surface area (Å²) in [6.45, 7) is 10.8. The Bertz CT molecular complexity index is 282. The highest BCUT2D eigenvalue weighted by atomic mass is 16.5. The molecule has 1 heterocycles. The maximum atomic E-state index is 12.4. The standard InChI is InChI=1S/C16H32N2O2/c1-5-7-8-14-16(19)18(15(6-2)17-14)10-12-20-11-9-13(3)4/h13-15,17H,5-12H2,1-4H3. The van der Waals surface area contributed by atoms with Gasteiger partial charge in [0.1, 0.15) is 0 Å². The number of carbonyl (C=O) groups is 1. The Morgan fingerprint density at radius 2 is 2.05 bits per heavy atom. The van der Waals surface area contributed by atoms with Gasteiger partial charge in [0.25, 0.3) is 0 Å². The van der Waals surface area contributed by atoms with E-state index in [9.17, 15) is 4.79 Å². The first-order valence-electron chi connectivity index (χ1n) is 8.24. The van der Waals surface area contributed by atoms with Crippen LogP contribution in [-0.2, 0) is 9.53 Å². The molecule has 1 saturated heterocycles. The molecule has 2 atom stereocenters. The average Bonchev–Trinajstić information content (AvgIpc) is 2.72. The summed E-state index contributed by atoms with van der Waals surface area (Å²) in [6, 6.07) is 0.0237. The average molecular weight is 284 g/mol. The van der Waals surface area contributed by atoms with Crippen molar-refractivity contribution < 1.29 is 9.53 Å². The summed E-state index contributed by atoms with van der Waals surface area (Å²) >= 11 is 0. The molecule has 1 aliphatic heterocycles. The minimum Gasteiger partial charge on any atom is -0.380 e. The van der Waals surface area contributed by atoms with Crippen molar-refractivity contribution in [3.8, 4) is 0 Å². The third-order valence-electron chi connectivity index (χ3n) is 3.90. The van der Waals surface area contributed by atoms with Crippen molar-refractivity contribution in [2.75, 3.05) is 19.8 Å². The highest BCUT2D eigenvalue weighted by Crippen LogP contribution is 2.17. The second-order valence-electron chi connectivity index (χ2n) is 6.11. The van der Waals surface area contributed by atoms with Crippen LogP contribution in [0.4, 0.5) is 0 Å². The lowest BCUT2D eigenvalue weighted by molar-refractivity contribution is -0.131. The van der Waals surface area contributed by atoms with Crippen molar-refractivity contribution >= 4 is 5.91 Å². The Labute approximate surface area is 124 Å². The molecule has 1 fully saturated rings. The molecule has 20 heavy (non-hydrogen) atoms. The van der Waals surface area contributed by atoms with E-state index in [0.717, 1.165) is 38.7 Å². The molecule has 1 aliphatic rings. The molecule has 0 aromatic rings. The van der Waals surface area contributed by atoms with Crippen molar-refractivity contribution in [1.29, 1.82) is 0 Å². The van der Waals surface area contributed by atoms with Gasteiger partial charge in [-0.3, -0.25) is 10.1 Å². The van der Waals surface area contributed by atoms with Crippen molar-refractivity contribution in [3.63, 3.8) is 0 Å². The third kappa shape index (κ3) is 5.41. The number of ether oxygens (including phenoxy) is 1. The van der Waals surface area contributed by atoms with Gasteiger partial charge in [-0.15, -0.1) is 0 Å². The molecule has 0 radical (unpaired) electrons. The molecule has 0 aliphatic carbocycles. The molecule has 2 unspecified atom stereocenters. The van der Waals surface area contributed by atoms with E-state index in [4.69, 9.17) is 4.74 Å². The molecule has 4 nitrogen and oxygen atoms in total. The smallest absolute Gasteiger partial charge is 0.241 e. The summed E-state index contributed by atoms with van der Waals surface area (Å²) in [5, 5.41) is 3.46. The van der Waals surface area contributed by atoms with Gasteiger partial charge in [0, 0.05) is 13.2 Å². The Balaban J connectivity index is 2.32. The summed E-state index contributed by atoms with van der Waals surface area (Å²) in [5.41, 5.74) is 0. The van der Waals surface area contributed by atoms with Crippen LogP contribution in [0.2, 0.25) is 0 Å². The summed E-state index contributed by atoms with van der Waals surface area (Å²) in [7, 11) is 0. The van der Waals surface area contributed by atoms with Gasteiger partial charge in [-0.1, -0.05) is 40.5 Å². The molecule has 0 saturated carbocycles. The fourth-order valence-electron chi connectivity index (χ4n) is 2.55. The summed E-state index contributed by atoms with van der Waals surface area (Å²) in [4.78, 5) is 14.3. The first-order valence-corrected chi connectivity index (χ1v) is 8.24. The van der Waals surface area contributed by atoms with Crippen LogP contribution >= 0.6 is 0 Å². The Hall–Kier alpha value is -0.610. The number of rotatable bonds is 10. The van der Waals surface area contributed by atoms with Gasteiger partial charge in [0.2, 0.25) is 5.91 Å². The van der Waals surface area contributed by atoms with Gasteiger partial charge in [0.15, 0.2) is 0 Å². The van der Waals surface area contributed by atoms with Crippen LogP contribution in [-0.4, -0.2) is 42.8 Å². The van der Waals surface area contributed by atoms with Gasteiger partial charge >= 0.3 is 0 Å². The molecular formula is C16H32N2O2. The van der Waals surface area contributed by atoms with E-state index in [0.29, 0.717) is 19.1 Å². The Morgan fingerprint density at radius 1 is 1.30 bits per heavy atom. The fourth-order valence-corrected chi connectivity index (χ4v) is 2.55. The zero-order valence-corrected chi connectivity index (χ0v) is 13.7. The van der Waals surface area contributed by atoms with Gasteiger partial charge in [-0.05, 0) is 25.2 Å². The van der Waals surface area contributed by atoms with Crippen LogP contribution < -0.4 is 5.32 Å². The topological polar surface area (TPSA) is 41.6 Å². The molecule has 4 heteroatoms. The molecule has 118 valence electrons. The lowest BCUT2D eigenvalue weighted by Crippen LogP contribution is -2.39. The monoisotopic (exact) mass is 284 g/mol. The summed E-state index contributed by atoms with van der Waals surface area (Å²) in [6.07, 6.45) is 5.44. The van der Waals surface area contributed by atoms with E-state index >= 15 is 0 Å². The third-order valence-corrected chi connectivity index (χ3v) is 3.90. The van der Waals surface area contributed by atoms with Crippen molar-refractivity contribution in [2.24, 2.45) is 5.92 Å². The van der Waals surface area contributed by atoms with Crippen molar-refractivity contribution in [1.82, 2.24) is 10.2 Å². The minimum atomic E-state index is 0.0237. The van der Waals surface area contributed by atoms with Crippen LogP contribution in [0.1, 0.15) is 59.8 Å². The fraction of sp³-hybridized carbons (Fsp3) is 0.938. The number of amides is 1. The summed E-state index contributed by atoms with van der Waals surface area (Å²) < 4.78 is 5.64. The zero-order chi connectivity index (χ0) is 15.0. The Morgan fingerprint density at radius 3 is 2.65 bits per heavy atom. The zero-order valence-electron chi connectivity index (χ0n) is 13.7. The van der Waals surface area contributed by atoms with Crippen LogP contribution in [0.25, 0.3) is 0 Å². The van der Waals surface area contributed by atoms with E-state index in [1.807, 2.05) is 4.90 Å². The Kier molecular flexibility index (Phi) is 8.15. The number of nitrogens with one attached hydrogen (secondary N) is 1. The first-order chi connectivity index (χ1) is 9.60. The van der Waals surface area contributed by atoms with Crippen LogP contribution in [0.3, 0.4) is 0 Å². The predicted octanol–water partition coefficient (Wildman–Crippen LogP) is 2.78.